The molecule has 2 rings (SSSR count). The number of hydrogen-bond acceptors (Lipinski definition) is 7. The van der Waals surface area contributed by atoms with Crippen LogP contribution >= 0.6 is 0 Å². The number of nitrogens with one attached hydrogen (secondary N) is 2. The van der Waals surface area contributed by atoms with Gasteiger partial charge in [0.05, 0.1) is 29.5 Å². The van der Waals surface area contributed by atoms with E-state index >= 15 is 0 Å². The van der Waals surface area contributed by atoms with Crippen molar-refractivity contribution >= 4 is 17.8 Å². The minimum atomic E-state index is -0.663. The van der Waals surface area contributed by atoms with Gasteiger partial charge >= 0.3 is 5.69 Å². The molecule has 0 aliphatic carbocycles. The summed E-state index contributed by atoms with van der Waals surface area (Å²) in [6.45, 7) is 14.9. The van der Waals surface area contributed by atoms with Crippen LogP contribution in [0.3, 0.4) is 0 Å². The van der Waals surface area contributed by atoms with Gasteiger partial charge in [0.25, 0.3) is 5.56 Å². The van der Waals surface area contributed by atoms with Crippen LogP contribution in [0.4, 0.5) is 0 Å². The van der Waals surface area contributed by atoms with E-state index in [1.807, 2.05) is 41.5 Å². The lowest BCUT2D eigenvalue weighted by atomic mass is 10.0. The van der Waals surface area contributed by atoms with Gasteiger partial charge in [-0.15, -0.1) is 0 Å². The molecule has 0 spiro atoms. The van der Waals surface area contributed by atoms with E-state index in [-0.39, 0.29) is 23.2 Å². The van der Waals surface area contributed by atoms with Crippen molar-refractivity contribution in [3.8, 4) is 0 Å². The second kappa shape index (κ2) is 25.5. The average Bonchev–Trinajstić information content (AvgIpc) is 3.46. The number of H-pyrrole nitrogens is 1. The molecule has 1 amide bonds. The van der Waals surface area contributed by atoms with Gasteiger partial charge in [0.1, 0.15) is 18.1 Å². The van der Waals surface area contributed by atoms with Crippen molar-refractivity contribution in [3.63, 3.8) is 0 Å². The van der Waals surface area contributed by atoms with E-state index in [1.165, 1.54) is 100.0 Å². The molecule has 1 aliphatic rings. The van der Waals surface area contributed by atoms with Gasteiger partial charge in [-0.25, -0.2) is 4.79 Å². The van der Waals surface area contributed by atoms with Crippen LogP contribution < -0.4 is 16.6 Å². The van der Waals surface area contributed by atoms with Crippen molar-refractivity contribution < 1.29 is 23.8 Å². The second-order valence-corrected chi connectivity index (χ2v) is 17.0. The molecular formula is C43H75N3O7. The first-order valence-corrected chi connectivity index (χ1v) is 21.0. The summed E-state index contributed by atoms with van der Waals surface area (Å²) in [7, 11) is 0. The van der Waals surface area contributed by atoms with Gasteiger partial charge in [0, 0.05) is 38.1 Å². The average molecular weight is 746 g/mol. The van der Waals surface area contributed by atoms with E-state index in [0.717, 1.165) is 44.9 Å². The van der Waals surface area contributed by atoms with Crippen LogP contribution in [0.2, 0.25) is 0 Å². The van der Waals surface area contributed by atoms with Crippen molar-refractivity contribution in [1.82, 2.24) is 14.9 Å². The summed E-state index contributed by atoms with van der Waals surface area (Å²) in [6, 6.07) is 0. The standard InChI is InChI=1S/C43H75N3O7/c1-8-9-10-11-12-13-14-15-16-17-18-20-23-26-35(47)27-24-21-19-22-25-30-44-38(48)29-28-34-32-46(41(50)45-40(34)49)39-31-36(53-43(5,6)7)37(52-39)33-51-42(2,3)4/h28-29,32,36-37,39H,8-27,30-31,33H2,1-7H3,(H,44,48)(H,45,49,50)/b29-28+. The normalized spacial score (nSPS) is 17.9. The predicted molar refractivity (Wildman–Crippen MR) is 215 cm³/mol. The van der Waals surface area contributed by atoms with E-state index in [0.29, 0.717) is 31.8 Å². The van der Waals surface area contributed by atoms with Gasteiger partial charge in [-0.1, -0.05) is 103 Å². The molecule has 1 fully saturated rings. The molecule has 10 heteroatoms. The minimum Gasteiger partial charge on any atom is -0.373 e. The maximum Gasteiger partial charge on any atom is 0.330 e. The molecule has 53 heavy (non-hydrogen) atoms. The van der Waals surface area contributed by atoms with Crippen LogP contribution in [0.5, 0.6) is 0 Å². The zero-order valence-electron chi connectivity index (χ0n) is 34.5. The highest BCUT2D eigenvalue weighted by Crippen LogP contribution is 2.33. The topological polar surface area (TPSA) is 129 Å². The van der Waals surface area contributed by atoms with E-state index < -0.39 is 29.2 Å². The minimum absolute atomic E-state index is 0.176. The Morgan fingerprint density at radius 2 is 1.34 bits per heavy atom. The van der Waals surface area contributed by atoms with Gasteiger partial charge in [-0.3, -0.25) is 23.9 Å². The Morgan fingerprint density at radius 3 is 1.87 bits per heavy atom. The molecule has 3 unspecified atom stereocenters. The molecule has 0 bridgehead atoms. The van der Waals surface area contributed by atoms with Crippen molar-refractivity contribution in [2.75, 3.05) is 13.2 Å². The van der Waals surface area contributed by atoms with Crippen molar-refractivity contribution in [2.24, 2.45) is 0 Å². The van der Waals surface area contributed by atoms with Crippen LogP contribution in [0.15, 0.2) is 21.9 Å². The number of Topliss-reactive ketones (excluding diaryl/α,β-unsaturated/α-hetero) is 1. The molecule has 3 atom stereocenters. The van der Waals surface area contributed by atoms with E-state index in [9.17, 15) is 19.2 Å². The summed E-state index contributed by atoms with van der Waals surface area (Å²) in [5.74, 6) is 0.0850. The quantitative estimate of drug-likeness (QED) is 0.0646. The van der Waals surface area contributed by atoms with Gasteiger partial charge in [-0.2, -0.15) is 0 Å². The largest absolute Gasteiger partial charge is 0.373 e. The molecule has 1 aromatic heterocycles. The van der Waals surface area contributed by atoms with Crippen LogP contribution in [0.25, 0.3) is 6.08 Å². The summed E-state index contributed by atoms with van der Waals surface area (Å²) < 4.78 is 19.8. The van der Waals surface area contributed by atoms with Crippen LogP contribution in [-0.4, -0.2) is 57.8 Å². The third-order valence-electron chi connectivity index (χ3n) is 9.58. The zero-order valence-corrected chi connectivity index (χ0v) is 34.5. The number of hydrogen-bond donors (Lipinski definition) is 2. The third kappa shape index (κ3) is 21.8. The van der Waals surface area contributed by atoms with E-state index in [4.69, 9.17) is 14.2 Å². The summed E-state index contributed by atoms with van der Waals surface area (Å²) in [5, 5.41) is 2.86. The van der Waals surface area contributed by atoms with Crippen LogP contribution in [0.1, 0.15) is 195 Å². The molecule has 0 aromatic carbocycles. The Labute approximate surface area is 320 Å². The first-order valence-electron chi connectivity index (χ1n) is 21.0. The molecule has 1 saturated heterocycles. The molecule has 1 aromatic rings. The molecule has 1 aliphatic heterocycles. The Hall–Kier alpha value is -2.56. The maximum atomic E-state index is 12.8. The van der Waals surface area contributed by atoms with Gasteiger partial charge < -0.3 is 19.5 Å². The van der Waals surface area contributed by atoms with Gasteiger partial charge in [0.2, 0.25) is 5.91 Å². The number of aromatic nitrogens is 2. The highest BCUT2D eigenvalue weighted by atomic mass is 16.6. The molecule has 2 heterocycles. The molecule has 2 N–H and O–H groups in total. The summed E-state index contributed by atoms with van der Waals surface area (Å²) >= 11 is 0. The number of aromatic amines is 1. The van der Waals surface area contributed by atoms with Gasteiger partial charge in [0.15, 0.2) is 0 Å². The summed E-state index contributed by atoms with van der Waals surface area (Å²) in [4.78, 5) is 52.5. The number of ketones is 1. The number of nitrogens with zero attached hydrogens (tertiary/aromatic N) is 1. The first-order chi connectivity index (χ1) is 25.2. The summed E-state index contributed by atoms with van der Waals surface area (Å²) in [5.41, 5.74) is -1.78. The Kier molecular flexibility index (Phi) is 22.4. The smallest absolute Gasteiger partial charge is 0.330 e. The Morgan fingerprint density at radius 1 is 0.811 bits per heavy atom. The van der Waals surface area contributed by atoms with Crippen LogP contribution in [-0.2, 0) is 23.8 Å². The highest BCUT2D eigenvalue weighted by Gasteiger charge is 2.40. The second-order valence-electron chi connectivity index (χ2n) is 17.0. The van der Waals surface area contributed by atoms with Crippen molar-refractivity contribution in [3.05, 3.63) is 38.7 Å². The SMILES string of the molecule is CCCCCCCCCCCCCCCC(=O)CCCCCCCNC(=O)/C=C/c1cn(C2CC(OC(C)(C)C)C(COC(C)(C)C)O2)c(=O)[nH]c1=O. The number of carbonyl (C=O) groups excluding carboxylic acids is 2. The third-order valence-corrected chi connectivity index (χ3v) is 9.58. The van der Waals surface area contributed by atoms with Crippen LogP contribution in [0, 0.1) is 0 Å². The fourth-order valence-corrected chi connectivity index (χ4v) is 6.64. The lowest BCUT2D eigenvalue weighted by Gasteiger charge is -2.29. The molecule has 0 radical (unpaired) electrons. The molecule has 304 valence electrons. The number of rotatable bonds is 28. The molecule has 10 nitrogen and oxygen atoms in total. The zero-order chi connectivity index (χ0) is 39.1. The highest BCUT2D eigenvalue weighted by molar-refractivity contribution is 5.91. The number of amides is 1. The monoisotopic (exact) mass is 746 g/mol. The Balaban J connectivity index is 1.61. The fraction of sp³-hybridized carbons (Fsp3) is 0.814. The van der Waals surface area contributed by atoms with Crippen molar-refractivity contribution in [1.29, 1.82) is 0 Å². The summed E-state index contributed by atoms with van der Waals surface area (Å²) in [6.07, 6.45) is 26.5. The number of unbranched alkanes of at least 4 members (excludes halogenated alkanes) is 16. The van der Waals surface area contributed by atoms with E-state index in [2.05, 4.69) is 17.2 Å². The maximum absolute atomic E-state index is 12.8. The predicted octanol–water partition coefficient (Wildman–Crippen LogP) is 9.34. The van der Waals surface area contributed by atoms with E-state index in [1.54, 1.807) is 0 Å². The van der Waals surface area contributed by atoms with Gasteiger partial charge in [-0.05, 0) is 66.9 Å². The number of ether oxygens (including phenoxy) is 3. The molecule has 0 saturated carbocycles. The lowest BCUT2D eigenvalue weighted by molar-refractivity contribution is -0.132. The fourth-order valence-electron chi connectivity index (χ4n) is 6.64. The lowest BCUT2D eigenvalue weighted by Crippen LogP contribution is -2.37. The van der Waals surface area contributed by atoms with Crippen molar-refractivity contribution in [2.45, 2.75) is 213 Å². The molecular weight excluding hydrogens is 670 g/mol. The first kappa shape index (κ1) is 46.6. The number of carbonyl (C=O) groups is 2. The Bertz CT molecular complexity index is 1320.